The number of methoxy groups -OCH3 is 1. The molecule has 6 nitrogen and oxygen atoms in total. The third kappa shape index (κ3) is 3.09. The maximum Gasteiger partial charge on any atom is 0.291 e. The summed E-state index contributed by atoms with van der Waals surface area (Å²) in [6.45, 7) is 1.97. The molecular formula is C22H17N3O3S. The van der Waals surface area contributed by atoms with Gasteiger partial charge in [0.05, 0.1) is 11.6 Å². The summed E-state index contributed by atoms with van der Waals surface area (Å²) in [4.78, 5) is 17.9. The van der Waals surface area contributed by atoms with E-state index in [0.717, 1.165) is 28.2 Å². The first-order chi connectivity index (χ1) is 14.1. The highest BCUT2D eigenvalue weighted by molar-refractivity contribution is 7.15. The summed E-state index contributed by atoms with van der Waals surface area (Å²) in [5.41, 5.74) is 2.61. The first-order valence-electron chi connectivity index (χ1n) is 9.15. The molecule has 1 atom stereocenters. The van der Waals surface area contributed by atoms with Gasteiger partial charge < -0.3 is 9.47 Å². The van der Waals surface area contributed by atoms with Crippen molar-refractivity contribution in [3.05, 3.63) is 74.6 Å². The van der Waals surface area contributed by atoms with Gasteiger partial charge in [0, 0.05) is 11.1 Å². The molecule has 5 rings (SSSR count). The topological polar surface area (TPSA) is 65.7 Å². The van der Waals surface area contributed by atoms with E-state index in [1.54, 1.807) is 7.11 Å². The van der Waals surface area contributed by atoms with Crippen molar-refractivity contribution in [1.82, 2.24) is 14.6 Å². The van der Waals surface area contributed by atoms with Gasteiger partial charge in [0.2, 0.25) is 4.96 Å². The molecule has 1 unspecified atom stereocenters. The van der Waals surface area contributed by atoms with Gasteiger partial charge in [0.15, 0.2) is 5.82 Å². The van der Waals surface area contributed by atoms with Crippen LogP contribution in [0.5, 0.6) is 11.5 Å². The molecule has 0 N–H and O–H groups in total. The number of hydrogen-bond donors (Lipinski definition) is 0. The molecule has 2 aromatic heterocycles. The van der Waals surface area contributed by atoms with Crippen LogP contribution >= 0.6 is 11.3 Å². The maximum absolute atomic E-state index is 12.9. The van der Waals surface area contributed by atoms with E-state index in [1.165, 1.54) is 15.9 Å². The van der Waals surface area contributed by atoms with E-state index < -0.39 is 0 Å². The number of hydrogen-bond acceptors (Lipinski definition) is 6. The smallest absolute Gasteiger partial charge is 0.291 e. The van der Waals surface area contributed by atoms with Crippen LogP contribution in [0.1, 0.15) is 12.5 Å². The Labute approximate surface area is 170 Å². The quantitative estimate of drug-likeness (QED) is 0.526. The van der Waals surface area contributed by atoms with Gasteiger partial charge in [-0.3, -0.25) is 4.79 Å². The van der Waals surface area contributed by atoms with Gasteiger partial charge in [-0.25, -0.2) is 0 Å². The van der Waals surface area contributed by atoms with E-state index in [4.69, 9.17) is 9.47 Å². The molecule has 7 heteroatoms. The van der Waals surface area contributed by atoms with Gasteiger partial charge in [0.25, 0.3) is 5.56 Å². The molecule has 0 saturated carbocycles. The minimum atomic E-state index is -0.177. The molecule has 29 heavy (non-hydrogen) atoms. The van der Waals surface area contributed by atoms with Crippen LogP contribution < -0.4 is 19.6 Å². The van der Waals surface area contributed by atoms with Crippen molar-refractivity contribution >= 4 is 28.4 Å². The molecular weight excluding hydrogens is 386 g/mol. The largest absolute Gasteiger partial charge is 0.497 e. The van der Waals surface area contributed by atoms with Crippen molar-refractivity contribution < 1.29 is 9.47 Å². The summed E-state index contributed by atoms with van der Waals surface area (Å²) < 4.78 is 13.1. The first-order valence-corrected chi connectivity index (χ1v) is 9.97. The van der Waals surface area contributed by atoms with Gasteiger partial charge in [-0.05, 0) is 55.0 Å². The minimum absolute atomic E-state index is 0.137. The second-order valence-electron chi connectivity index (χ2n) is 6.72. The number of nitrogens with zero attached hydrogens (tertiary/aromatic N) is 3. The van der Waals surface area contributed by atoms with Crippen LogP contribution in [-0.2, 0) is 0 Å². The van der Waals surface area contributed by atoms with E-state index in [9.17, 15) is 4.79 Å². The standard InChI is InChI=1S/C22H17N3O3S/c1-13-16(11-15-5-3-4-6-18(15)28-13)12-19-21(26)25-22(29-19)23-20(24-25)14-7-9-17(27-2)10-8-14/h3-13H,1-2H3. The Balaban J connectivity index is 1.55. The summed E-state index contributed by atoms with van der Waals surface area (Å²) in [7, 11) is 1.62. The molecule has 2 aromatic carbocycles. The molecule has 0 fully saturated rings. The first kappa shape index (κ1) is 17.6. The number of fused-ring (bicyclic) bond motifs is 2. The predicted molar refractivity (Wildman–Crippen MR) is 113 cm³/mol. The van der Waals surface area contributed by atoms with Crippen LogP contribution in [0.2, 0.25) is 0 Å². The lowest BCUT2D eigenvalue weighted by Crippen LogP contribution is -2.26. The highest BCUT2D eigenvalue weighted by Crippen LogP contribution is 2.29. The number of benzene rings is 2. The lowest BCUT2D eigenvalue weighted by molar-refractivity contribution is 0.259. The SMILES string of the molecule is COc1ccc(-c2nc3sc(=CC4=Cc5ccccc5OC4C)c(=O)n3n2)cc1. The molecule has 1 aliphatic heterocycles. The highest BCUT2D eigenvalue weighted by atomic mass is 32.1. The Hall–Kier alpha value is -3.45. The van der Waals surface area contributed by atoms with E-state index in [1.807, 2.05) is 61.5 Å². The second kappa shape index (κ2) is 6.86. The van der Waals surface area contributed by atoms with Crippen molar-refractivity contribution in [3.63, 3.8) is 0 Å². The Morgan fingerprint density at radius 3 is 2.72 bits per heavy atom. The Bertz CT molecular complexity index is 1350. The van der Waals surface area contributed by atoms with E-state index in [0.29, 0.717) is 15.3 Å². The zero-order chi connectivity index (χ0) is 20.0. The van der Waals surface area contributed by atoms with Crippen LogP contribution in [-0.4, -0.2) is 27.8 Å². The van der Waals surface area contributed by atoms with Crippen LogP contribution in [0, 0.1) is 0 Å². The summed E-state index contributed by atoms with van der Waals surface area (Å²) >= 11 is 1.32. The van der Waals surface area contributed by atoms with E-state index >= 15 is 0 Å². The third-order valence-electron chi connectivity index (χ3n) is 4.84. The normalized spacial score (nSPS) is 16.4. The van der Waals surface area contributed by atoms with Gasteiger partial charge in [-0.15, -0.1) is 5.10 Å². The van der Waals surface area contributed by atoms with Gasteiger partial charge in [-0.1, -0.05) is 29.5 Å². The van der Waals surface area contributed by atoms with Crippen molar-refractivity contribution in [3.8, 4) is 22.9 Å². The molecule has 0 radical (unpaired) electrons. The number of thiazole rings is 1. The van der Waals surface area contributed by atoms with Crippen LogP contribution in [0.15, 0.2) is 58.9 Å². The molecule has 0 amide bonds. The molecule has 4 aromatic rings. The lowest BCUT2D eigenvalue weighted by atomic mass is 10.0. The maximum atomic E-state index is 12.9. The van der Waals surface area contributed by atoms with Crippen molar-refractivity contribution in [1.29, 1.82) is 0 Å². The number of rotatable bonds is 3. The molecule has 144 valence electrons. The zero-order valence-electron chi connectivity index (χ0n) is 15.8. The fourth-order valence-electron chi connectivity index (χ4n) is 3.27. The molecule has 1 aliphatic rings. The minimum Gasteiger partial charge on any atom is -0.497 e. The van der Waals surface area contributed by atoms with Crippen LogP contribution in [0.3, 0.4) is 0 Å². The summed E-state index contributed by atoms with van der Waals surface area (Å²) in [6.07, 6.45) is 3.79. The molecule has 0 saturated heterocycles. The lowest BCUT2D eigenvalue weighted by Gasteiger charge is -2.22. The zero-order valence-corrected chi connectivity index (χ0v) is 16.6. The Kier molecular flexibility index (Phi) is 4.17. The number of ether oxygens (including phenoxy) is 2. The molecule has 0 bridgehead atoms. The monoisotopic (exact) mass is 403 g/mol. The van der Waals surface area contributed by atoms with Gasteiger partial charge >= 0.3 is 0 Å². The van der Waals surface area contributed by atoms with E-state index in [-0.39, 0.29) is 11.7 Å². The fraction of sp³-hybridized carbons (Fsp3) is 0.136. The Morgan fingerprint density at radius 1 is 1.17 bits per heavy atom. The average Bonchev–Trinajstić information content (AvgIpc) is 3.28. The Morgan fingerprint density at radius 2 is 1.97 bits per heavy atom. The summed E-state index contributed by atoms with van der Waals surface area (Å²) in [6, 6.07) is 15.3. The molecule has 3 heterocycles. The van der Waals surface area contributed by atoms with Gasteiger partial charge in [0.1, 0.15) is 17.6 Å². The second-order valence-corrected chi connectivity index (χ2v) is 7.73. The van der Waals surface area contributed by atoms with Crippen LogP contribution in [0.25, 0.3) is 28.5 Å². The summed E-state index contributed by atoms with van der Waals surface area (Å²) in [5, 5.41) is 4.40. The number of para-hydroxylation sites is 1. The van der Waals surface area contributed by atoms with E-state index in [2.05, 4.69) is 16.2 Å². The molecule has 0 aliphatic carbocycles. The highest BCUT2D eigenvalue weighted by Gasteiger charge is 2.18. The molecule has 0 spiro atoms. The van der Waals surface area contributed by atoms with Crippen molar-refractivity contribution in [2.45, 2.75) is 13.0 Å². The fourth-order valence-corrected chi connectivity index (χ4v) is 4.18. The average molecular weight is 403 g/mol. The van der Waals surface area contributed by atoms with Crippen LogP contribution in [0.4, 0.5) is 0 Å². The third-order valence-corrected chi connectivity index (χ3v) is 5.80. The predicted octanol–water partition coefficient (Wildman–Crippen LogP) is 3.19. The number of aromatic nitrogens is 3. The van der Waals surface area contributed by atoms with Gasteiger partial charge in [-0.2, -0.15) is 9.50 Å². The summed E-state index contributed by atoms with van der Waals surface area (Å²) in [5.74, 6) is 2.13. The van der Waals surface area contributed by atoms with Crippen molar-refractivity contribution in [2.75, 3.05) is 7.11 Å². The van der Waals surface area contributed by atoms with Crippen molar-refractivity contribution in [2.24, 2.45) is 0 Å².